The molecular weight excluding hydrogens is 110 g/mol. The van der Waals surface area contributed by atoms with E-state index in [9.17, 15) is 0 Å². The first kappa shape index (κ1) is 15.7. The molecule has 0 spiro atoms. The summed E-state index contributed by atoms with van der Waals surface area (Å²) in [5, 5.41) is 0. The van der Waals surface area contributed by atoms with Crippen molar-refractivity contribution in [2.75, 3.05) is 0 Å². The van der Waals surface area contributed by atoms with Crippen molar-refractivity contribution in [3.63, 3.8) is 0 Å². The van der Waals surface area contributed by atoms with Crippen molar-refractivity contribution in [2.45, 2.75) is 0 Å². The zero-order valence-electron chi connectivity index (χ0n) is 2.26. The molecular formula is H2Na2O2S. The van der Waals surface area contributed by atoms with Crippen LogP contribution in [-0.4, -0.2) is 34.1 Å². The molecule has 0 unspecified atom stereocenters. The van der Waals surface area contributed by atoms with Gasteiger partial charge in [0.15, 0.2) is 0 Å². The average molecular weight is 112 g/mol. The third-order valence-corrected chi connectivity index (χ3v) is 0. The van der Waals surface area contributed by atoms with Crippen LogP contribution >= 0.6 is 0 Å². The second-order valence-corrected chi connectivity index (χ2v) is 0.224. The van der Waals surface area contributed by atoms with Gasteiger partial charge in [-0.3, -0.25) is 0 Å². The van der Waals surface area contributed by atoms with E-state index in [1.807, 2.05) is 0 Å². The first-order valence-electron chi connectivity index (χ1n) is 0.349. The molecule has 0 amide bonds. The Labute approximate surface area is 78.6 Å². The van der Waals surface area contributed by atoms with E-state index in [1.54, 1.807) is 0 Å². The Kier molecular flexibility index (Phi) is 51.8. The van der Waals surface area contributed by atoms with Gasteiger partial charge in [0.1, 0.15) is 0 Å². The SMILES string of the molecule is O=[S-]O.[Na+].[NaH]. The van der Waals surface area contributed by atoms with Crippen molar-refractivity contribution in [3.8, 4) is 0 Å². The fraction of sp³-hybridized carbons (Fsp3) is 0. The maximum absolute atomic E-state index is 8.40. The molecule has 0 heterocycles. The predicted molar refractivity (Wildman–Crippen MR) is 17.8 cm³/mol. The van der Waals surface area contributed by atoms with Crippen molar-refractivity contribution in [1.82, 2.24) is 0 Å². The van der Waals surface area contributed by atoms with Crippen LogP contribution in [0.5, 0.6) is 0 Å². The Morgan fingerprint density at radius 3 is 1.60 bits per heavy atom. The molecule has 5 heavy (non-hydrogen) atoms. The summed E-state index contributed by atoms with van der Waals surface area (Å²) in [6.07, 6.45) is 0. The normalized spacial score (nSPS) is 3.40. The van der Waals surface area contributed by atoms with Crippen molar-refractivity contribution in [1.29, 1.82) is 0 Å². The van der Waals surface area contributed by atoms with Gasteiger partial charge in [0.05, 0.1) is 0 Å². The molecule has 0 aromatic heterocycles. The van der Waals surface area contributed by atoms with Crippen molar-refractivity contribution in [3.05, 3.63) is 0 Å². The van der Waals surface area contributed by atoms with Crippen LogP contribution in [-0.2, 0) is 16.2 Å². The topological polar surface area (TPSA) is 37.3 Å². The molecule has 0 aliphatic heterocycles. The summed E-state index contributed by atoms with van der Waals surface area (Å²) >= 11 is -0.500. The molecule has 0 saturated carbocycles. The molecule has 0 rings (SSSR count). The molecule has 0 aliphatic rings. The number of rotatable bonds is 0. The Hall–Kier alpha value is 2.11. The molecule has 22 valence electrons. The van der Waals surface area contributed by atoms with Crippen LogP contribution < -0.4 is 29.6 Å². The molecule has 0 atom stereocenters. The van der Waals surface area contributed by atoms with Crippen molar-refractivity contribution >= 4 is 41.5 Å². The molecule has 0 fully saturated rings. The van der Waals surface area contributed by atoms with E-state index in [0.717, 1.165) is 0 Å². The van der Waals surface area contributed by atoms with Crippen LogP contribution in [0.3, 0.4) is 0 Å². The van der Waals surface area contributed by atoms with Gasteiger partial charge in [0.25, 0.3) is 0 Å². The second-order valence-electron chi connectivity index (χ2n) is 0.0745. The minimum absolute atomic E-state index is 0. The summed E-state index contributed by atoms with van der Waals surface area (Å²) in [7, 11) is 0. The van der Waals surface area contributed by atoms with E-state index >= 15 is 0 Å². The fourth-order valence-corrected chi connectivity index (χ4v) is 0. The summed E-state index contributed by atoms with van der Waals surface area (Å²) in [6, 6.07) is 0. The molecule has 0 bridgehead atoms. The summed E-state index contributed by atoms with van der Waals surface area (Å²) < 4.78 is 15.3. The van der Waals surface area contributed by atoms with Crippen LogP contribution in [0.4, 0.5) is 0 Å². The quantitative estimate of drug-likeness (QED) is 0.198. The minimum atomic E-state index is -0.500. The Bertz CT molecular complexity index is 15.1. The standard InChI is InChI=1S/2Na.HO2S.H/c;;1-3-2;/h;;(H,1,2);/q;+1;-1;. The molecule has 0 radical (unpaired) electrons. The molecule has 0 aromatic carbocycles. The van der Waals surface area contributed by atoms with Gasteiger partial charge in [0, 0.05) is 0 Å². The molecule has 1 N–H and O–H groups in total. The van der Waals surface area contributed by atoms with Gasteiger partial charge in [0.2, 0.25) is 0 Å². The van der Waals surface area contributed by atoms with Gasteiger partial charge >= 0.3 is 59.1 Å². The molecule has 5 heteroatoms. The zero-order chi connectivity index (χ0) is 2.71. The van der Waals surface area contributed by atoms with E-state index < -0.39 is 11.9 Å². The molecule has 0 aliphatic carbocycles. The van der Waals surface area contributed by atoms with Gasteiger partial charge < -0.3 is 8.76 Å². The van der Waals surface area contributed by atoms with Gasteiger partial charge in [-0.05, 0) is 0 Å². The van der Waals surface area contributed by atoms with Crippen LogP contribution in [0, 0.1) is 0 Å². The average Bonchev–Trinajstić information content (AvgIpc) is 0.918. The molecule has 0 saturated heterocycles. The van der Waals surface area contributed by atoms with E-state index in [4.69, 9.17) is 8.76 Å². The fourth-order valence-electron chi connectivity index (χ4n) is 0. The summed E-state index contributed by atoms with van der Waals surface area (Å²) in [5.41, 5.74) is 0. The van der Waals surface area contributed by atoms with Gasteiger partial charge in [-0.2, -0.15) is 0 Å². The zero-order valence-corrected chi connectivity index (χ0v) is 5.08. The Morgan fingerprint density at radius 1 is 1.60 bits per heavy atom. The number of hydrogen-bond donors (Lipinski definition) is 1. The summed E-state index contributed by atoms with van der Waals surface area (Å²) in [6.45, 7) is 0. The van der Waals surface area contributed by atoms with E-state index in [1.165, 1.54) is 0 Å². The van der Waals surface area contributed by atoms with Crippen LogP contribution in [0.25, 0.3) is 0 Å². The van der Waals surface area contributed by atoms with E-state index in [0.29, 0.717) is 0 Å². The Morgan fingerprint density at radius 2 is 1.60 bits per heavy atom. The van der Waals surface area contributed by atoms with E-state index in [2.05, 4.69) is 0 Å². The van der Waals surface area contributed by atoms with Gasteiger partial charge in [-0.25, -0.2) is 11.9 Å². The second kappa shape index (κ2) is 16.5. The first-order valence-corrected chi connectivity index (χ1v) is 1.05. The maximum atomic E-state index is 8.40. The monoisotopic (exact) mass is 112 g/mol. The van der Waals surface area contributed by atoms with Crippen molar-refractivity contribution in [2.24, 2.45) is 0 Å². The van der Waals surface area contributed by atoms with Crippen molar-refractivity contribution < 1.29 is 38.3 Å². The molecule has 2 nitrogen and oxygen atoms in total. The third-order valence-electron chi connectivity index (χ3n) is 0. The number of hydrogen-bond acceptors (Lipinski definition) is 2. The summed E-state index contributed by atoms with van der Waals surface area (Å²) in [5.74, 6) is 0. The van der Waals surface area contributed by atoms with Crippen LogP contribution in [0.15, 0.2) is 0 Å². The first-order chi connectivity index (χ1) is 1.41. The molecule has 0 aromatic rings. The Balaban J connectivity index is -0.0000000200. The van der Waals surface area contributed by atoms with Gasteiger partial charge in [-0.15, -0.1) is 0 Å². The third kappa shape index (κ3) is 23.2. The predicted octanol–water partition coefficient (Wildman–Crippen LogP) is -3.76. The van der Waals surface area contributed by atoms with Crippen LogP contribution in [0.1, 0.15) is 0 Å². The van der Waals surface area contributed by atoms with Crippen LogP contribution in [0.2, 0.25) is 0 Å². The van der Waals surface area contributed by atoms with Gasteiger partial charge in [-0.1, -0.05) is 0 Å². The van der Waals surface area contributed by atoms with E-state index in [-0.39, 0.29) is 59.1 Å². The summed E-state index contributed by atoms with van der Waals surface area (Å²) in [4.78, 5) is 0.